The SMILES string of the molecule is CNC(=O)[C@H](C)N(Cc1ccc(Cl)cc1)C(=O)CN(c1cc(Cl)ccc1C)S(=O)(=O)c1ccccc1. The molecule has 0 aliphatic heterocycles. The van der Waals surface area contributed by atoms with E-state index in [4.69, 9.17) is 23.2 Å². The number of nitrogens with zero attached hydrogens (tertiary/aromatic N) is 2. The molecule has 0 fully saturated rings. The number of aryl methyl sites for hydroxylation is 1. The van der Waals surface area contributed by atoms with Crippen LogP contribution >= 0.6 is 23.2 Å². The number of rotatable bonds is 9. The lowest BCUT2D eigenvalue weighted by molar-refractivity contribution is -0.139. The number of carbonyl (C=O) groups excluding carboxylic acids is 2. The molecule has 0 saturated carbocycles. The smallest absolute Gasteiger partial charge is 0.264 e. The Morgan fingerprint density at radius 1 is 0.944 bits per heavy atom. The Morgan fingerprint density at radius 3 is 2.17 bits per heavy atom. The van der Waals surface area contributed by atoms with Crippen molar-refractivity contribution in [2.24, 2.45) is 0 Å². The minimum absolute atomic E-state index is 0.0285. The van der Waals surface area contributed by atoms with Crippen LogP contribution in [0.1, 0.15) is 18.1 Å². The van der Waals surface area contributed by atoms with Gasteiger partial charge in [0.1, 0.15) is 12.6 Å². The molecule has 0 heterocycles. The van der Waals surface area contributed by atoms with Crippen molar-refractivity contribution in [2.45, 2.75) is 31.3 Å². The first-order chi connectivity index (χ1) is 17.0. The van der Waals surface area contributed by atoms with Gasteiger partial charge in [-0.05, 0) is 61.4 Å². The van der Waals surface area contributed by atoms with Crippen LogP contribution in [0.15, 0.2) is 77.7 Å². The molecular weight excluding hydrogens is 521 g/mol. The van der Waals surface area contributed by atoms with Crippen molar-refractivity contribution in [1.29, 1.82) is 0 Å². The zero-order chi connectivity index (χ0) is 26.5. The van der Waals surface area contributed by atoms with E-state index in [9.17, 15) is 18.0 Å². The summed E-state index contributed by atoms with van der Waals surface area (Å²) in [5.74, 6) is -0.936. The molecule has 3 aromatic carbocycles. The molecule has 0 aromatic heterocycles. The predicted molar refractivity (Wildman–Crippen MR) is 143 cm³/mol. The van der Waals surface area contributed by atoms with Crippen molar-refractivity contribution in [1.82, 2.24) is 10.2 Å². The highest BCUT2D eigenvalue weighted by atomic mass is 35.5. The van der Waals surface area contributed by atoms with Crippen LogP contribution in [-0.2, 0) is 26.2 Å². The molecule has 7 nitrogen and oxygen atoms in total. The first-order valence-electron chi connectivity index (χ1n) is 11.1. The minimum atomic E-state index is -4.14. The van der Waals surface area contributed by atoms with Crippen LogP contribution in [0, 0.1) is 6.92 Å². The summed E-state index contributed by atoms with van der Waals surface area (Å²) in [6, 6.07) is 18.7. The fraction of sp³-hybridized carbons (Fsp3) is 0.231. The second kappa shape index (κ2) is 11.8. The van der Waals surface area contributed by atoms with Crippen LogP contribution in [0.3, 0.4) is 0 Å². The molecule has 2 amide bonds. The molecule has 0 aliphatic rings. The molecule has 3 aromatic rings. The summed E-state index contributed by atoms with van der Waals surface area (Å²) in [5.41, 5.74) is 1.63. The second-order valence-electron chi connectivity index (χ2n) is 8.19. The van der Waals surface area contributed by atoms with Gasteiger partial charge in [-0.15, -0.1) is 0 Å². The van der Waals surface area contributed by atoms with Gasteiger partial charge in [-0.3, -0.25) is 13.9 Å². The summed E-state index contributed by atoms with van der Waals surface area (Å²) in [7, 11) is -2.67. The number of hydrogen-bond acceptors (Lipinski definition) is 4. The third kappa shape index (κ3) is 6.37. The quantitative estimate of drug-likeness (QED) is 0.422. The van der Waals surface area contributed by atoms with Crippen molar-refractivity contribution in [2.75, 3.05) is 17.9 Å². The van der Waals surface area contributed by atoms with Gasteiger partial charge in [0, 0.05) is 23.6 Å². The Kier molecular flexibility index (Phi) is 9.00. The van der Waals surface area contributed by atoms with Gasteiger partial charge >= 0.3 is 0 Å². The van der Waals surface area contributed by atoms with E-state index in [2.05, 4.69) is 5.32 Å². The van der Waals surface area contributed by atoms with Gasteiger partial charge in [0.2, 0.25) is 11.8 Å². The van der Waals surface area contributed by atoms with Crippen molar-refractivity contribution in [3.8, 4) is 0 Å². The van der Waals surface area contributed by atoms with Gasteiger partial charge in [0.05, 0.1) is 10.6 Å². The van der Waals surface area contributed by atoms with Crippen molar-refractivity contribution in [3.63, 3.8) is 0 Å². The third-order valence-corrected chi connectivity index (χ3v) is 7.99. The second-order valence-corrected chi connectivity index (χ2v) is 10.9. The van der Waals surface area contributed by atoms with Gasteiger partial charge in [0.25, 0.3) is 10.0 Å². The normalized spacial score (nSPS) is 12.0. The summed E-state index contributed by atoms with van der Waals surface area (Å²) in [6.07, 6.45) is 0. The lowest BCUT2D eigenvalue weighted by atomic mass is 10.1. The number of amides is 2. The van der Waals surface area contributed by atoms with Crippen molar-refractivity contribution < 1.29 is 18.0 Å². The summed E-state index contributed by atoms with van der Waals surface area (Å²) in [4.78, 5) is 27.6. The highest BCUT2D eigenvalue weighted by Gasteiger charge is 2.33. The number of hydrogen-bond donors (Lipinski definition) is 1. The Hall–Kier alpha value is -3.07. The zero-order valence-corrected chi connectivity index (χ0v) is 22.4. The predicted octanol–water partition coefficient (Wildman–Crippen LogP) is 4.66. The Balaban J connectivity index is 2.06. The fourth-order valence-corrected chi connectivity index (χ4v) is 5.45. The van der Waals surface area contributed by atoms with Gasteiger partial charge in [-0.25, -0.2) is 8.42 Å². The molecule has 3 rings (SSSR count). The van der Waals surface area contributed by atoms with Crippen LogP contribution in [0.25, 0.3) is 0 Å². The monoisotopic (exact) mass is 547 g/mol. The van der Waals surface area contributed by atoms with Gasteiger partial charge in [-0.1, -0.05) is 59.6 Å². The van der Waals surface area contributed by atoms with Gasteiger partial charge in [0.15, 0.2) is 0 Å². The van der Waals surface area contributed by atoms with E-state index in [1.54, 1.807) is 68.4 Å². The topological polar surface area (TPSA) is 86.8 Å². The van der Waals surface area contributed by atoms with E-state index in [0.717, 1.165) is 9.87 Å². The molecule has 36 heavy (non-hydrogen) atoms. The molecule has 1 atom stereocenters. The molecule has 0 saturated heterocycles. The third-order valence-electron chi connectivity index (χ3n) is 5.73. The summed E-state index contributed by atoms with van der Waals surface area (Å²) < 4.78 is 28.5. The van der Waals surface area contributed by atoms with E-state index < -0.39 is 28.5 Å². The van der Waals surface area contributed by atoms with Crippen LogP contribution in [0.4, 0.5) is 5.69 Å². The maximum atomic E-state index is 13.7. The molecule has 0 spiro atoms. The zero-order valence-electron chi connectivity index (χ0n) is 20.1. The standard InChI is InChI=1S/C26H27Cl2N3O4S/c1-18-9-12-22(28)15-24(18)31(36(34,35)23-7-5-4-6-8-23)17-25(32)30(19(2)26(33)29-3)16-20-10-13-21(27)14-11-20/h4-15,19H,16-17H2,1-3H3,(H,29,33)/t19-/m0/s1. The lowest BCUT2D eigenvalue weighted by Crippen LogP contribution is -2.50. The fourth-order valence-electron chi connectivity index (χ4n) is 3.66. The molecule has 1 N–H and O–H groups in total. The average Bonchev–Trinajstić information content (AvgIpc) is 2.87. The molecule has 0 bridgehead atoms. The summed E-state index contributed by atoms with van der Waals surface area (Å²) >= 11 is 12.2. The Labute approximate surface area is 221 Å². The number of halogens is 2. The molecule has 10 heteroatoms. The number of benzene rings is 3. The molecule has 190 valence electrons. The number of sulfonamides is 1. The van der Waals surface area contributed by atoms with E-state index in [0.29, 0.717) is 15.6 Å². The number of nitrogens with one attached hydrogen (secondary N) is 1. The minimum Gasteiger partial charge on any atom is -0.357 e. The van der Waals surface area contributed by atoms with E-state index in [1.165, 1.54) is 30.1 Å². The molecular formula is C26H27Cl2N3O4S. The highest BCUT2D eigenvalue weighted by molar-refractivity contribution is 7.92. The first-order valence-corrected chi connectivity index (χ1v) is 13.3. The average molecular weight is 548 g/mol. The first kappa shape index (κ1) is 27.5. The maximum absolute atomic E-state index is 13.7. The Bertz CT molecular complexity index is 1330. The lowest BCUT2D eigenvalue weighted by Gasteiger charge is -2.32. The van der Waals surface area contributed by atoms with E-state index in [-0.39, 0.29) is 23.0 Å². The largest absolute Gasteiger partial charge is 0.357 e. The van der Waals surface area contributed by atoms with E-state index in [1.807, 2.05) is 0 Å². The van der Waals surface area contributed by atoms with Crippen LogP contribution in [0.2, 0.25) is 10.0 Å². The summed E-state index contributed by atoms with van der Waals surface area (Å²) in [6.45, 7) is 2.88. The number of carbonyl (C=O) groups is 2. The highest BCUT2D eigenvalue weighted by Crippen LogP contribution is 2.30. The Morgan fingerprint density at radius 2 is 1.56 bits per heavy atom. The number of likely N-dealkylation sites (N-methyl/N-ethyl adjacent to an activating group) is 1. The molecule has 0 aliphatic carbocycles. The van der Waals surface area contributed by atoms with Crippen LogP contribution in [0.5, 0.6) is 0 Å². The van der Waals surface area contributed by atoms with Crippen LogP contribution in [-0.4, -0.2) is 44.8 Å². The number of anilines is 1. The van der Waals surface area contributed by atoms with Crippen molar-refractivity contribution >= 4 is 50.7 Å². The summed E-state index contributed by atoms with van der Waals surface area (Å²) in [5, 5.41) is 3.41. The maximum Gasteiger partial charge on any atom is 0.264 e. The van der Waals surface area contributed by atoms with E-state index >= 15 is 0 Å². The van der Waals surface area contributed by atoms with Crippen LogP contribution < -0.4 is 9.62 Å². The molecule has 0 radical (unpaired) electrons. The van der Waals surface area contributed by atoms with Gasteiger partial charge in [-0.2, -0.15) is 0 Å². The van der Waals surface area contributed by atoms with Gasteiger partial charge < -0.3 is 10.2 Å². The van der Waals surface area contributed by atoms with Crippen molar-refractivity contribution in [3.05, 3.63) is 94.0 Å². The molecule has 0 unspecified atom stereocenters.